The molecule has 0 aliphatic heterocycles. The van der Waals surface area contributed by atoms with E-state index in [1.807, 2.05) is 0 Å². The minimum Gasteiger partial charge on any atom is -1.00 e. The molecule has 0 saturated carbocycles. The normalized spacial score (nSPS) is 3.43. The van der Waals surface area contributed by atoms with Crippen molar-refractivity contribution in [1.29, 1.82) is 0 Å². The molecule has 0 fully saturated rings. The number of carbonyl (C=O) groups is 1. The number of carboxylic acid groups (broad SMARTS) is 2. The van der Waals surface area contributed by atoms with E-state index in [4.69, 9.17) is 15.0 Å². The van der Waals surface area contributed by atoms with Crippen molar-refractivity contribution in [1.82, 2.24) is 0 Å². The van der Waals surface area contributed by atoms with Gasteiger partial charge in [0.1, 0.15) is 0 Å². The molecule has 0 bridgehead atoms. The van der Waals surface area contributed by atoms with Crippen molar-refractivity contribution in [3.63, 3.8) is 0 Å². The SMILES string of the molecule is Cl.O.O=C(O)O.[H-].[H-].[Mg+2]. The first-order valence-corrected chi connectivity index (χ1v) is 0.651. The fourth-order valence-electron chi connectivity index (χ4n) is 0. The molecule has 0 rings (SSSR count). The van der Waals surface area contributed by atoms with Crippen molar-refractivity contribution in [2.75, 3.05) is 0 Å². The van der Waals surface area contributed by atoms with Crippen LogP contribution in [-0.4, -0.2) is 44.9 Å². The molecule has 0 unspecified atom stereocenters. The van der Waals surface area contributed by atoms with Crippen LogP contribution in [0.5, 0.6) is 0 Å². The summed E-state index contributed by atoms with van der Waals surface area (Å²) in [5.41, 5.74) is 0. The van der Waals surface area contributed by atoms with Crippen molar-refractivity contribution in [3.05, 3.63) is 0 Å². The van der Waals surface area contributed by atoms with E-state index in [1.54, 1.807) is 0 Å². The van der Waals surface area contributed by atoms with Crippen LogP contribution in [0.3, 0.4) is 0 Å². The summed E-state index contributed by atoms with van der Waals surface area (Å²) in [6.07, 6.45) is -1.83. The van der Waals surface area contributed by atoms with Crippen molar-refractivity contribution in [2.24, 2.45) is 0 Å². The first-order valence-electron chi connectivity index (χ1n) is 0.651. The van der Waals surface area contributed by atoms with E-state index in [9.17, 15) is 0 Å². The predicted molar refractivity (Wildman–Crippen MR) is 29.5 cm³/mol. The van der Waals surface area contributed by atoms with E-state index in [-0.39, 0.29) is 43.8 Å². The van der Waals surface area contributed by atoms with Crippen LogP contribution < -0.4 is 0 Å². The Hall–Kier alpha value is 0.286. The third-order valence-corrected chi connectivity index (χ3v) is 0. The molecule has 0 radical (unpaired) electrons. The first-order chi connectivity index (χ1) is 1.73. The molecule has 44 valence electrons. The Bertz CT molecular complexity index is 41.5. The van der Waals surface area contributed by atoms with Gasteiger partial charge in [-0.3, -0.25) is 0 Å². The minimum absolute atomic E-state index is 0. The molecule has 0 aliphatic rings. The molecule has 6 heteroatoms. The maximum absolute atomic E-state index is 8.56. The summed E-state index contributed by atoms with van der Waals surface area (Å²) in [7, 11) is 0. The van der Waals surface area contributed by atoms with Gasteiger partial charge in [0.2, 0.25) is 0 Å². The van der Waals surface area contributed by atoms with Crippen LogP contribution in [0.1, 0.15) is 2.85 Å². The number of halogens is 1. The number of hydrogen-bond acceptors (Lipinski definition) is 1. The molecular formula is CH7ClMgO4. The van der Waals surface area contributed by atoms with Crippen LogP contribution in [0.25, 0.3) is 0 Å². The second-order valence-corrected chi connectivity index (χ2v) is 0.283. The first kappa shape index (κ1) is 26.7. The summed E-state index contributed by atoms with van der Waals surface area (Å²) < 4.78 is 0. The van der Waals surface area contributed by atoms with Crippen LogP contribution in [0, 0.1) is 0 Å². The van der Waals surface area contributed by atoms with Gasteiger partial charge in [-0.1, -0.05) is 0 Å². The topological polar surface area (TPSA) is 89.0 Å². The van der Waals surface area contributed by atoms with Gasteiger partial charge in [0, 0.05) is 0 Å². The third kappa shape index (κ3) is 1410. The van der Waals surface area contributed by atoms with Crippen LogP contribution in [0.15, 0.2) is 0 Å². The minimum atomic E-state index is -1.83. The van der Waals surface area contributed by atoms with E-state index < -0.39 is 6.16 Å². The van der Waals surface area contributed by atoms with Crippen LogP contribution in [-0.2, 0) is 0 Å². The predicted octanol–water partition coefficient (Wildman–Crippen LogP) is -0.336. The Morgan fingerprint density at radius 1 is 1.43 bits per heavy atom. The number of rotatable bonds is 0. The van der Waals surface area contributed by atoms with Gasteiger partial charge in [-0.25, -0.2) is 4.79 Å². The molecule has 4 N–H and O–H groups in total. The van der Waals surface area contributed by atoms with Crippen molar-refractivity contribution in [3.8, 4) is 0 Å². The summed E-state index contributed by atoms with van der Waals surface area (Å²) in [5.74, 6) is 0. The second-order valence-electron chi connectivity index (χ2n) is 0.283. The van der Waals surface area contributed by atoms with Crippen LogP contribution >= 0.6 is 12.4 Å². The molecule has 0 aromatic heterocycles. The van der Waals surface area contributed by atoms with Crippen LogP contribution in [0.2, 0.25) is 0 Å². The summed E-state index contributed by atoms with van der Waals surface area (Å²) in [6, 6.07) is 0. The third-order valence-electron chi connectivity index (χ3n) is 0. The van der Waals surface area contributed by atoms with Crippen molar-refractivity contribution < 1.29 is 23.3 Å². The zero-order chi connectivity index (χ0) is 3.58. The smallest absolute Gasteiger partial charge is 1.00 e. The Labute approximate surface area is 65.4 Å². The monoisotopic (exact) mass is 142 g/mol. The van der Waals surface area contributed by atoms with Gasteiger partial charge in [-0.2, -0.15) is 0 Å². The molecule has 4 nitrogen and oxygen atoms in total. The molecule has 0 aromatic carbocycles. The van der Waals surface area contributed by atoms with E-state index in [1.165, 1.54) is 0 Å². The zero-order valence-electron chi connectivity index (χ0n) is 5.42. The van der Waals surface area contributed by atoms with Gasteiger partial charge in [-0.15, -0.1) is 12.4 Å². The van der Waals surface area contributed by atoms with Gasteiger partial charge in [-0.05, 0) is 0 Å². The number of hydrogen-bond donors (Lipinski definition) is 2. The summed E-state index contributed by atoms with van der Waals surface area (Å²) in [6.45, 7) is 0. The summed E-state index contributed by atoms with van der Waals surface area (Å²) in [5, 5.41) is 13.9. The van der Waals surface area contributed by atoms with Gasteiger partial charge in [0.15, 0.2) is 0 Å². The molecular weight excluding hydrogens is 136 g/mol. The Morgan fingerprint density at radius 3 is 1.43 bits per heavy atom. The van der Waals surface area contributed by atoms with Gasteiger partial charge in [0.25, 0.3) is 0 Å². The molecule has 0 atom stereocenters. The largest absolute Gasteiger partial charge is 2.00 e. The molecule has 7 heavy (non-hydrogen) atoms. The summed E-state index contributed by atoms with van der Waals surface area (Å²) in [4.78, 5) is 8.56. The van der Waals surface area contributed by atoms with E-state index >= 15 is 0 Å². The Kier molecular flexibility index (Phi) is 62.0. The van der Waals surface area contributed by atoms with Gasteiger partial charge in [0.05, 0.1) is 0 Å². The zero-order valence-corrected chi connectivity index (χ0v) is 5.65. The Morgan fingerprint density at radius 2 is 1.43 bits per heavy atom. The maximum Gasteiger partial charge on any atom is 2.00 e. The molecule has 0 spiro atoms. The van der Waals surface area contributed by atoms with E-state index in [0.717, 1.165) is 0 Å². The molecule has 0 aromatic rings. The average molecular weight is 143 g/mol. The van der Waals surface area contributed by atoms with Crippen molar-refractivity contribution >= 4 is 41.6 Å². The Balaban J connectivity index is -0.00000000450. The molecule has 0 aliphatic carbocycles. The fraction of sp³-hybridized carbons (Fsp3) is 0. The van der Waals surface area contributed by atoms with Gasteiger partial charge < -0.3 is 18.5 Å². The quantitative estimate of drug-likeness (QED) is 0.454. The molecule has 0 saturated heterocycles. The maximum atomic E-state index is 8.56. The summed E-state index contributed by atoms with van der Waals surface area (Å²) >= 11 is 0. The van der Waals surface area contributed by atoms with Crippen molar-refractivity contribution in [2.45, 2.75) is 0 Å². The van der Waals surface area contributed by atoms with E-state index in [2.05, 4.69) is 0 Å². The van der Waals surface area contributed by atoms with Gasteiger partial charge >= 0.3 is 29.2 Å². The molecule has 0 heterocycles. The standard InChI is InChI=1S/CH2O3.ClH.Mg.H2O.2H/c2-1(3)4;;;;;/h(H2,2,3,4);1H;;1H2;;/q;;+2;;2*-1. The average Bonchev–Trinajstić information content (AvgIpc) is 0.811. The molecule has 0 amide bonds. The van der Waals surface area contributed by atoms with E-state index in [0.29, 0.717) is 0 Å². The van der Waals surface area contributed by atoms with Crippen LogP contribution in [0.4, 0.5) is 4.79 Å². The fourth-order valence-corrected chi connectivity index (χ4v) is 0. The second kappa shape index (κ2) is 16.3.